The number of hydrogen-bond acceptors (Lipinski definition) is 7. The van der Waals surface area contributed by atoms with Gasteiger partial charge in [0.05, 0.1) is 23.9 Å². The fourth-order valence-electron chi connectivity index (χ4n) is 4.38. The second-order valence-electron chi connectivity index (χ2n) is 8.63. The minimum absolute atomic E-state index is 0.0776. The molecule has 2 aromatic carbocycles. The second-order valence-corrected chi connectivity index (χ2v) is 10.7. The van der Waals surface area contributed by atoms with Crippen LogP contribution >= 0.6 is 23.1 Å². The lowest BCUT2D eigenvalue weighted by atomic mass is 9.97. The molecule has 37 heavy (non-hydrogen) atoms. The van der Waals surface area contributed by atoms with Gasteiger partial charge in [-0.05, 0) is 48.9 Å². The molecule has 0 saturated heterocycles. The van der Waals surface area contributed by atoms with Crippen LogP contribution in [0.4, 0.5) is 4.79 Å². The number of rotatable bonds is 7. The summed E-state index contributed by atoms with van der Waals surface area (Å²) in [5, 5.41) is 6.08. The van der Waals surface area contributed by atoms with Gasteiger partial charge in [-0.3, -0.25) is 19.5 Å². The van der Waals surface area contributed by atoms with E-state index in [9.17, 15) is 14.4 Å². The number of amides is 3. The third-order valence-electron chi connectivity index (χ3n) is 6.15. The third-order valence-corrected chi connectivity index (χ3v) is 8.28. The van der Waals surface area contributed by atoms with E-state index in [1.165, 1.54) is 4.88 Å². The maximum Gasteiger partial charge on any atom is 0.321 e. The molecule has 2 aromatic heterocycles. The van der Waals surface area contributed by atoms with Crippen LogP contribution in [0.2, 0.25) is 0 Å². The van der Waals surface area contributed by atoms with Crippen LogP contribution in [-0.4, -0.2) is 34.4 Å². The number of nitrogens with zero attached hydrogens (tertiary/aromatic N) is 2. The number of ether oxygens (including phenoxy) is 1. The molecular formula is C27H26N4O4S2. The Hall–Kier alpha value is -3.63. The molecule has 0 fully saturated rings. The molecule has 2 N–H and O–H groups in total. The topological polar surface area (TPSA) is 102 Å². The normalized spacial score (nSPS) is 12.7. The van der Waals surface area contributed by atoms with Crippen molar-refractivity contribution in [2.24, 2.45) is 0 Å². The van der Waals surface area contributed by atoms with Crippen LogP contribution in [0.25, 0.3) is 15.9 Å². The lowest BCUT2D eigenvalue weighted by molar-refractivity contribution is -0.117. The van der Waals surface area contributed by atoms with Gasteiger partial charge in [-0.25, -0.2) is 9.78 Å². The van der Waals surface area contributed by atoms with Gasteiger partial charge in [0.1, 0.15) is 10.6 Å². The number of carbonyl (C=O) groups is 2. The van der Waals surface area contributed by atoms with Crippen LogP contribution in [0.1, 0.15) is 28.8 Å². The van der Waals surface area contributed by atoms with Crippen LogP contribution in [0.5, 0.6) is 5.75 Å². The Morgan fingerprint density at radius 2 is 1.92 bits per heavy atom. The highest BCUT2D eigenvalue weighted by Crippen LogP contribution is 2.35. The van der Waals surface area contributed by atoms with Crippen molar-refractivity contribution in [2.75, 3.05) is 12.9 Å². The number of imide groups is 1. The maximum atomic E-state index is 13.8. The summed E-state index contributed by atoms with van der Waals surface area (Å²) in [6.07, 6.45) is 3.99. The van der Waals surface area contributed by atoms with Crippen LogP contribution in [0, 0.1) is 0 Å². The van der Waals surface area contributed by atoms with Crippen molar-refractivity contribution in [2.45, 2.75) is 37.4 Å². The van der Waals surface area contributed by atoms with Gasteiger partial charge < -0.3 is 10.1 Å². The van der Waals surface area contributed by atoms with Crippen molar-refractivity contribution < 1.29 is 14.3 Å². The molecular weight excluding hydrogens is 508 g/mol. The summed E-state index contributed by atoms with van der Waals surface area (Å²) in [6, 6.07) is 16.1. The van der Waals surface area contributed by atoms with E-state index in [0.29, 0.717) is 33.4 Å². The van der Waals surface area contributed by atoms with Gasteiger partial charge in [0.15, 0.2) is 5.16 Å². The van der Waals surface area contributed by atoms with Crippen molar-refractivity contribution in [1.29, 1.82) is 0 Å². The molecule has 0 unspecified atom stereocenters. The number of nitrogens with one attached hydrogen (secondary N) is 2. The van der Waals surface area contributed by atoms with Gasteiger partial charge in [0.25, 0.3) is 5.56 Å². The molecule has 1 aliphatic carbocycles. The average molecular weight is 535 g/mol. The largest absolute Gasteiger partial charge is 0.497 e. The molecule has 0 radical (unpaired) electrons. The van der Waals surface area contributed by atoms with Crippen molar-refractivity contribution in [1.82, 2.24) is 20.2 Å². The highest BCUT2D eigenvalue weighted by atomic mass is 32.2. The Morgan fingerprint density at radius 1 is 1.11 bits per heavy atom. The van der Waals surface area contributed by atoms with E-state index in [2.05, 4.69) is 10.6 Å². The minimum Gasteiger partial charge on any atom is -0.497 e. The fourth-order valence-corrected chi connectivity index (χ4v) is 6.49. The van der Waals surface area contributed by atoms with E-state index in [0.717, 1.165) is 48.6 Å². The first-order chi connectivity index (χ1) is 18.0. The number of thiophene rings is 1. The number of fused-ring (bicyclic) bond motifs is 3. The molecule has 190 valence electrons. The highest BCUT2D eigenvalue weighted by Gasteiger charge is 2.23. The first kappa shape index (κ1) is 25.0. The molecule has 0 saturated carbocycles. The first-order valence-corrected chi connectivity index (χ1v) is 13.8. The van der Waals surface area contributed by atoms with Crippen molar-refractivity contribution in [3.8, 4) is 11.4 Å². The zero-order valence-electron chi connectivity index (χ0n) is 20.3. The van der Waals surface area contributed by atoms with Crippen molar-refractivity contribution in [3.63, 3.8) is 0 Å². The Morgan fingerprint density at radius 3 is 2.73 bits per heavy atom. The lowest BCUT2D eigenvalue weighted by Crippen LogP contribution is -2.40. The van der Waals surface area contributed by atoms with E-state index < -0.39 is 11.9 Å². The summed E-state index contributed by atoms with van der Waals surface area (Å²) < 4.78 is 6.91. The third kappa shape index (κ3) is 5.55. The highest BCUT2D eigenvalue weighted by molar-refractivity contribution is 7.99. The monoisotopic (exact) mass is 534 g/mol. The summed E-state index contributed by atoms with van der Waals surface area (Å²) in [5.41, 5.74) is 2.49. The molecule has 5 rings (SSSR count). The van der Waals surface area contributed by atoms with E-state index in [-0.39, 0.29) is 11.3 Å². The molecule has 2 heterocycles. The zero-order chi connectivity index (χ0) is 25.8. The molecule has 3 amide bonds. The SMILES string of the molecule is COc1cccc(-n2c(SCC(=O)NC(=O)NCc3ccccc3)nc3sc4c(c3c2=O)CCCC4)c1. The quantitative estimate of drug-likeness (QED) is 0.268. The van der Waals surface area contributed by atoms with E-state index >= 15 is 0 Å². The van der Waals surface area contributed by atoms with Crippen molar-refractivity contribution >= 4 is 45.3 Å². The molecule has 1 aliphatic rings. The molecule has 0 spiro atoms. The predicted octanol–water partition coefficient (Wildman–Crippen LogP) is 4.45. The Bertz CT molecular complexity index is 1510. The molecule has 0 bridgehead atoms. The summed E-state index contributed by atoms with van der Waals surface area (Å²) in [6.45, 7) is 0.309. The van der Waals surface area contributed by atoms with Gasteiger partial charge in [0.2, 0.25) is 5.91 Å². The van der Waals surface area contributed by atoms with Crippen LogP contribution in [0.15, 0.2) is 64.5 Å². The predicted molar refractivity (Wildman–Crippen MR) is 146 cm³/mol. The first-order valence-electron chi connectivity index (χ1n) is 12.0. The fraction of sp³-hybridized carbons (Fsp3) is 0.259. The molecule has 10 heteroatoms. The van der Waals surface area contributed by atoms with Crippen LogP contribution in [-0.2, 0) is 24.2 Å². The van der Waals surface area contributed by atoms with Gasteiger partial charge >= 0.3 is 6.03 Å². The standard InChI is InChI=1S/C27H26N4O4S2/c1-35-19-11-7-10-18(14-19)31-25(33)23-20-12-5-6-13-21(20)37-24(23)30-27(31)36-16-22(32)29-26(34)28-15-17-8-3-2-4-9-17/h2-4,7-11,14H,5-6,12-13,15-16H2,1H3,(H2,28,29,32,34). The zero-order valence-corrected chi connectivity index (χ0v) is 21.9. The number of aromatic nitrogens is 2. The minimum atomic E-state index is -0.575. The number of carbonyl (C=O) groups excluding carboxylic acids is 2. The maximum absolute atomic E-state index is 13.8. The molecule has 0 atom stereocenters. The Balaban J connectivity index is 1.39. The Labute approximate surface area is 222 Å². The number of benzene rings is 2. The van der Waals surface area contributed by atoms with Gasteiger partial charge in [-0.2, -0.15) is 0 Å². The number of methoxy groups -OCH3 is 1. The summed E-state index contributed by atoms with van der Waals surface area (Å²) in [5.74, 6) is 0.0550. The number of thioether (sulfide) groups is 1. The van der Waals surface area contributed by atoms with E-state index in [1.807, 2.05) is 42.5 Å². The number of urea groups is 1. The summed E-state index contributed by atoms with van der Waals surface area (Å²) >= 11 is 2.68. The Kier molecular flexibility index (Phi) is 7.57. The lowest BCUT2D eigenvalue weighted by Gasteiger charge is -2.14. The number of aryl methyl sites for hydroxylation is 2. The smallest absolute Gasteiger partial charge is 0.321 e. The van der Waals surface area contributed by atoms with Gasteiger partial charge in [-0.15, -0.1) is 11.3 Å². The summed E-state index contributed by atoms with van der Waals surface area (Å²) in [4.78, 5) is 45.3. The van der Waals surface area contributed by atoms with Gasteiger partial charge in [-0.1, -0.05) is 48.2 Å². The van der Waals surface area contributed by atoms with Gasteiger partial charge in [0, 0.05) is 17.5 Å². The van der Waals surface area contributed by atoms with Crippen LogP contribution < -0.4 is 20.9 Å². The molecule has 4 aromatic rings. The van der Waals surface area contributed by atoms with E-state index in [4.69, 9.17) is 9.72 Å². The number of hydrogen-bond donors (Lipinski definition) is 2. The molecule has 0 aliphatic heterocycles. The average Bonchev–Trinajstić information content (AvgIpc) is 3.30. The van der Waals surface area contributed by atoms with E-state index in [1.54, 1.807) is 35.1 Å². The van der Waals surface area contributed by atoms with Crippen molar-refractivity contribution in [3.05, 3.63) is 81.0 Å². The summed E-state index contributed by atoms with van der Waals surface area (Å²) in [7, 11) is 1.57. The second kappa shape index (κ2) is 11.2. The van der Waals surface area contributed by atoms with Crippen LogP contribution in [0.3, 0.4) is 0 Å². The molecule has 8 nitrogen and oxygen atoms in total.